The van der Waals surface area contributed by atoms with Gasteiger partial charge in [-0.05, 0) is 19.0 Å². The highest BCUT2D eigenvalue weighted by Crippen LogP contribution is 2.27. The Bertz CT molecular complexity index is 263. The summed E-state index contributed by atoms with van der Waals surface area (Å²) in [6.45, 7) is 1.11. The molecule has 1 atom stereocenters. The van der Waals surface area contributed by atoms with Crippen LogP contribution in [0.3, 0.4) is 0 Å². The van der Waals surface area contributed by atoms with E-state index >= 15 is 0 Å². The Kier molecular flexibility index (Phi) is 1.81. The molecule has 1 N–H and O–H groups in total. The number of hydrogen-bond acceptors (Lipinski definition) is 3. The van der Waals surface area contributed by atoms with Crippen LogP contribution in [0.15, 0.2) is 16.5 Å². The van der Waals surface area contributed by atoms with E-state index in [1.54, 1.807) is 0 Å². The summed E-state index contributed by atoms with van der Waals surface area (Å²) >= 11 is 0. The molecule has 1 saturated heterocycles. The van der Waals surface area contributed by atoms with Crippen LogP contribution in [-0.4, -0.2) is 20.6 Å². The van der Waals surface area contributed by atoms with Crippen LogP contribution in [-0.2, 0) is 0 Å². The zero-order valence-corrected chi connectivity index (χ0v) is 7.50. The summed E-state index contributed by atoms with van der Waals surface area (Å²) in [5, 5.41) is 3.30. The highest BCUT2D eigenvalue weighted by atomic mass is 16.4. The Morgan fingerprint density at radius 3 is 2.67 bits per heavy atom. The molecule has 0 aromatic carbocycles. The van der Waals surface area contributed by atoms with E-state index < -0.39 is 0 Å². The minimum Gasteiger partial charge on any atom is -0.444 e. The Hall–Kier alpha value is -0.960. The molecule has 0 saturated carbocycles. The van der Waals surface area contributed by atoms with Crippen LogP contribution in [0.5, 0.6) is 0 Å². The van der Waals surface area contributed by atoms with Gasteiger partial charge in [0, 0.05) is 20.2 Å². The monoisotopic (exact) mass is 166 g/mol. The predicted molar refractivity (Wildman–Crippen MR) is 48.4 cm³/mol. The number of nitrogens with one attached hydrogen (secondary N) is 1. The normalized spacial score (nSPS) is 22.0. The Balaban J connectivity index is 2.12. The van der Waals surface area contributed by atoms with Gasteiger partial charge in [0.1, 0.15) is 5.76 Å². The summed E-state index contributed by atoms with van der Waals surface area (Å²) < 4.78 is 5.61. The standard InChI is InChI=1S/C9H14N2O/c1-11(2)9-4-3-8(12-9)7-5-6-10-7/h3-4,7,10H,5-6H2,1-2H3/t7-/m1/s1. The van der Waals surface area contributed by atoms with Gasteiger partial charge < -0.3 is 14.6 Å². The van der Waals surface area contributed by atoms with Gasteiger partial charge in [0.05, 0.1) is 6.04 Å². The summed E-state index contributed by atoms with van der Waals surface area (Å²) in [5.74, 6) is 1.99. The van der Waals surface area contributed by atoms with Crippen molar-refractivity contribution in [3.8, 4) is 0 Å². The molecule has 3 nitrogen and oxygen atoms in total. The summed E-state index contributed by atoms with van der Waals surface area (Å²) in [6, 6.07) is 4.51. The SMILES string of the molecule is CN(C)c1ccc([C@H]2CCN2)o1. The quantitative estimate of drug-likeness (QED) is 0.719. The highest BCUT2D eigenvalue weighted by molar-refractivity contribution is 5.34. The van der Waals surface area contributed by atoms with Crippen molar-refractivity contribution in [2.24, 2.45) is 0 Å². The lowest BCUT2D eigenvalue weighted by Gasteiger charge is -2.25. The molecule has 0 amide bonds. The molecule has 3 heteroatoms. The van der Waals surface area contributed by atoms with Gasteiger partial charge in [0.2, 0.25) is 0 Å². The van der Waals surface area contributed by atoms with Crippen molar-refractivity contribution in [3.63, 3.8) is 0 Å². The van der Waals surface area contributed by atoms with Gasteiger partial charge in [0.25, 0.3) is 0 Å². The fourth-order valence-electron chi connectivity index (χ4n) is 1.30. The van der Waals surface area contributed by atoms with E-state index in [1.165, 1.54) is 6.42 Å². The van der Waals surface area contributed by atoms with Crippen LogP contribution in [0.25, 0.3) is 0 Å². The number of hydrogen-bond donors (Lipinski definition) is 1. The van der Waals surface area contributed by atoms with Crippen molar-refractivity contribution in [1.29, 1.82) is 0 Å². The molecule has 1 aromatic heterocycles. The molecular weight excluding hydrogens is 152 g/mol. The molecule has 0 radical (unpaired) electrons. The number of anilines is 1. The van der Waals surface area contributed by atoms with Gasteiger partial charge in [-0.3, -0.25) is 0 Å². The zero-order valence-electron chi connectivity index (χ0n) is 7.50. The molecule has 1 aliphatic heterocycles. The van der Waals surface area contributed by atoms with E-state index in [1.807, 2.05) is 31.1 Å². The van der Waals surface area contributed by atoms with Crippen LogP contribution in [0.1, 0.15) is 18.2 Å². The lowest BCUT2D eigenvalue weighted by atomic mass is 10.1. The van der Waals surface area contributed by atoms with E-state index in [0.29, 0.717) is 6.04 Å². The van der Waals surface area contributed by atoms with Crippen molar-refractivity contribution >= 4 is 5.88 Å². The van der Waals surface area contributed by atoms with Crippen LogP contribution >= 0.6 is 0 Å². The molecule has 0 aliphatic carbocycles. The second kappa shape index (κ2) is 2.83. The first kappa shape index (κ1) is 7.68. The molecule has 0 unspecified atom stereocenters. The average Bonchev–Trinajstić information content (AvgIpc) is 2.32. The average molecular weight is 166 g/mol. The summed E-state index contributed by atoms with van der Waals surface area (Å²) in [5.41, 5.74) is 0. The minimum atomic E-state index is 0.457. The lowest BCUT2D eigenvalue weighted by molar-refractivity contribution is 0.321. The second-order valence-corrected chi connectivity index (χ2v) is 3.37. The van der Waals surface area contributed by atoms with Crippen molar-refractivity contribution in [2.75, 3.05) is 25.5 Å². The van der Waals surface area contributed by atoms with Gasteiger partial charge in [-0.1, -0.05) is 0 Å². The third-order valence-corrected chi connectivity index (χ3v) is 2.22. The molecule has 1 fully saturated rings. The number of rotatable bonds is 2. The first-order valence-corrected chi connectivity index (χ1v) is 4.28. The van der Waals surface area contributed by atoms with Gasteiger partial charge >= 0.3 is 0 Å². The number of nitrogens with zero attached hydrogens (tertiary/aromatic N) is 1. The largest absolute Gasteiger partial charge is 0.444 e. The Morgan fingerprint density at radius 1 is 1.50 bits per heavy atom. The van der Waals surface area contributed by atoms with Crippen molar-refractivity contribution < 1.29 is 4.42 Å². The summed E-state index contributed by atoms with van der Waals surface area (Å²) in [6.07, 6.45) is 1.19. The molecule has 0 bridgehead atoms. The maximum absolute atomic E-state index is 5.61. The van der Waals surface area contributed by atoms with Crippen LogP contribution in [0.2, 0.25) is 0 Å². The third-order valence-electron chi connectivity index (χ3n) is 2.22. The number of furan rings is 1. The predicted octanol–water partition coefficient (Wildman–Crippen LogP) is 1.38. The maximum Gasteiger partial charge on any atom is 0.195 e. The van der Waals surface area contributed by atoms with Gasteiger partial charge in [-0.15, -0.1) is 0 Å². The van der Waals surface area contributed by atoms with E-state index in [-0.39, 0.29) is 0 Å². The van der Waals surface area contributed by atoms with E-state index in [9.17, 15) is 0 Å². The molecular formula is C9H14N2O. The summed E-state index contributed by atoms with van der Waals surface area (Å²) in [7, 11) is 3.97. The fourth-order valence-corrected chi connectivity index (χ4v) is 1.30. The van der Waals surface area contributed by atoms with Crippen LogP contribution in [0, 0.1) is 0 Å². The molecule has 1 aliphatic rings. The molecule has 12 heavy (non-hydrogen) atoms. The van der Waals surface area contributed by atoms with Crippen molar-refractivity contribution in [3.05, 3.63) is 17.9 Å². The van der Waals surface area contributed by atoms with Gasteiger partial charge in [0.15, 0.2) is 5.88 Å². The van der Waals surface area contributed by atoms with Crippen LogP contribution in [0.4, 0.5) is 5.88 Å². The first-order valence-electron chi connectivity index (χ1n) is 4.28. The molecule has 2 rings (SSSR count). The van der Waals surface area contributed by atoms with Crippen LogP contribution < -0.4 is 10.2 Å². The second-order valence-electron chi connectivity index (χ2n) is 3.37. The third kappa shape index (κ3) is 1.20. The fraction of sp³-hybridized carbons (Fsp3) is 0.556. The molecule has 2 heterocycles. The summed E-state index contributed by atoms with van der Waals surface area (Å²) in [4.78, 5) is 1.97. The molecule has 66 valence electrons. The van der Waals surface area contributed by atoms with Gasteiger partial charge in [-0.2, -0.15) is 0 Å². The zero-order chi connectivity index (χ0) is 8.55. The Labute approximate surface area is 72.4 Å². The van der Waals surface area contributed by atoms with E-state index in [4.69, 9.17) is 4.42 Å². The van der Waals surface area contributed by atoms with Crippen molar-refractivity contribution in [1.82, 2.24) is 5.32 Å². The lowest BCUT2D eigenvalue weighted by Crippen LogP contribution is -2.34. The van der Waals surface area contributed by atoms with E-state index in [0.717, 1.165) is 18.2 Å². The highest BCUT2D eigenvalue weighted by Gasteiger charge is 2.21. The minimum absolute atomic E-state index is 0.457. The molecule has 0 spiro atoms. The van der Waals surface area contributed by atoms with E-state index in [2.05, 4.69) is 5.32 Å². The topological polar surface area (TPSA) is 28.4 Å². The smallest absolute Gasteiger partial charge is 0.195 e. The molecule has 1 aromatic rings. The maximum atomic E-state index is 5.61. The van der Waals surface area contributed by atoms with Crippen molar-refractivity contribution in [2.45, 2.75) is 12.5 Å². The Morgan fingerprint density at radius 2 is 2.25 bits per heavy atom. The first-order chi connectivity index (χ1) is 5.77. The van der Waals surface area contributed by atoms with Gasteiger partial charge in [-0.25, -0.2) is 0 Å².